The van der Waals surface area contributed by atoms with Crippen LogP contribution in [0.25, 0.3) is 0 Å². The van der Waals surface area contributed by atoms with E-state index in [1.165, 1.54) is 5.56 Å². The van der Waals surface area contributed by atoms with Crippen molar-refractivity contribution in [2.24, 2.45) is 0 Å². The normalized spacial score (nSPS) is 15.0. The van der Waals surface area contributed by atoms with E-state index in [9.17, 15) is 9.59 Å². The second-order valence-corrected chi connectivity index (χ2v) is 6.48. The average Bonchev–Trinajstić information content (AvgIpc) is 2.89. The Kier molecular flexibility index (Phi) is 5.12. The van der Waals surface area contributed by atoms with E-state index in [4.69, 9.17) is 0 Å². The molecule has 0 bridgehead atoms. The first kappa shape index (κ1) is 17.1. The van der Waals surface area contributed by atoms with Crippen molar-refractivity contribution in [2.75, 3.05) is 26.2 Å². The Morgan fingerprint density at radius 1 is 0.880 bits per heavy atom. The second-order valence-electron chi connectivity index (χ2n) is 6.48. The molecule has 130 valence electrons. The van der Waals surface area contributed by atoms with Gasteiger partial charge in [0, 0.05) is 44.1 Å². The number of amides is 2. The number of pyridine rings is 1. The molecule has 0 saturated carbocycles. The van der Waals surface area contributed by atoms with E-state index in [-0.39, 0.29) is 11.8 Å². The van der Waals surface area contributed by atoms with Gasteiger partial charge in [0.05, 0.1) is 5.56 Å². The first-order valence-corrected chi connectivity index (χ1v) is 8.62. The molecule has 25 heavy (non-hydrogen) atoms. The summed E-state index contributed by atoms with van der Waals surface area (Å²) in [5.74, 6) is 0.0207. The van der Waals surface area contributed by atoms with E-state index >= 15 is 0 Å². The zero-order chi connectivity index (χ0) is 17.8. The van der Waals surface area contributed by atoms with Crippen LogP contribution in [0, 0.1) is 13.8 Å². The lowest BCUT2D eigenvalue weighted by atomic mass is 10.1. The maximum absolute atomic E-state index is 12.8. The first-order chi connectivity index (χ1) is 12.1. The number of aromatic nitrogens is 1. The lowest BCUT2D eigenvalue weighted by Crippen LogP contribution is -2.37. The molecule has 0 aliphatic carbocycles. The summed E-state index contributed by atoms with van der Waals surface area (Å²) in [6, 6.07) is 9.35. The van der Waals surface area contributed by atoms with E-state index in [2.05, 4.69) is 4.98 Å². The zero-order valence-electron chi connectivity index (χ0n) is 14.7. The molecule has 2 aromatic rings. The first-order valence-electron chi connectivity index (χ1n) is 8.62. The van der Waals surface area contributed by atoms with Crippen LogP contribution >= 0.6 is 0 Å². The lowest BCUT2D eigenvalue weighted by Gasteiger charge is -2.22. The monoisotopic (exact) mass is 337 g/mol. The van der Waals surface area contributed by atoms with Gasteiger partial charge >= 0.3 is 0 Å². The highest BCUT2D eigenvalue weighted by Gasteiger charge is 2.23. The molecule has 2 heterocycles. The molecular weight excluding hydrogens is 314 g/mol. The molecule has 1 aromatic heterocycles. The van der Waals surface area contributed by atoms with Crippen molar-refractivity contribution in [1.82, 2.24) is 14.8 Å². The van der Waals surface area contributed by atoms with Crippen LogP contribution in [0.4, 0.5) is 0 Å². The van der Waals surface area contributed by atoms with Crippen LogP contribution < -0.4 is 0 Å². The Bertz CT molecular complexity index is 774. The van der Waals surface area contributed by atoms with E-state index in [1.807, 2.05) is 41.8 Å². The van der Waals surface area contributed by atoms with Crippen LogP contribution in [0.2, 0.25) is 0 Å². The van der Waals surface area contributed by atoms with Crippen molar-refractivity contribution in [3.8, 4) is 0 Å². The number of rotatable bonds is 2. The molecule has 1 aliphatic rings. The summed E-state index contributed by atoms with van der Waals surface area (Å²) in [6.45, 7) is 6.48. The summed E-state index contributed by atoms with van der Waals surface area (Å²) in [4.78, 5) is 33.0. The third kappa shape index (κ3) is 3.87. The van der Waals surface area contributed by atoms with Gasteiger partial charge in [-0.1, -0.05) is 6.07 Å². The second kappa shape index (κ2) is 7.47. The van der Waals surface area contributed by atoms with Crippen LogP contribution in [-0.2, 0) is 0 Å². The smallest absolute Gasteiger partial charge is 0.255 e. The van der Waals surface area contributed by atoms with E-state index in [0.717, 1.165) is 17.5 Å². The highest BCUT2D eigenvalue weighted by molar-refractivity contribution is 5.95. The molecule has 0 radical (unpaired) electrons. The van der Waals surface area contributed by atoms with Crippen LogP contribution in [0.3, 0.4) is 0 Å². The molecule has 3 rings (SSSR count). The molecule has 0 unspecified atom stereocenters. The number of nitrogens with zero attached hydrogens (tertiary/aromatic N) is 3. The Hall–Kier alpha value is -2.69. The highest BCUT2D eigenvalue weighted by Crippen LogP contribution is 2.15. The third-order valence-electron chi connectivity index (χ3n) is 4.73. The van der Waals surface area contributed by atoms with Gasteiger partial charge in [0.25, 0.3) is 11.8 Å². The Balaban J connectivity index is 1.68. The number of carbonyl (C=O) groups is 2. The number of hydrogen-bond acceptors (Lipinski definition) is 3. The van der Waals surface area contributed by atoms with Crippen LogP contribution in [0.5, 0.6) is 0 Å². The van der Waals surface area contributed by atoms with E-state index in [0.29, 0.717) is 31.7 Å². The summed E-state index contributed by atoms with van der Waals surface area (Å²) in [5, 5.41) is 0. The molecule has 1 fully saturated rings. The van der Waals surface area contributed by atoms with Gasteiger partial charge in [-0.2, -0.15) is 0 Å². The van der Waals surface area contributed by atoms with Crippen molar-refractivity contribution in [1.29, 1.82) is 0 Å². The van der Waals surface area contributed by atoms with E-state index < -0.39 is 0 Å². The fraction of sp³-hybridized carbons (Fsp3) is 0.350. The van der Waals surface area contributed by atoms with Crippen molar-refractivity contribution in [2.45, 2.75) is 20.3 Å². The minimum absolute atomic E-state index is 0.0198. The predicted octanol–water partition coefficient (Wildman–Crippen LogP) is 2.69. The molecule has 0 N–H and O–H groups in total. The average molecular weight is 337 g/mol. The lowest BCUT2D eigenvalue weighted by molar-refractivity contribution is 0.0718. The zero-order valence-corrected chi connectivity index (χ0v) is 14.7. The number of carbonyl (C=O) groups excluding carboxylic acids is 2. The molecule has 0 atom stereocenters. The minimum Gasteiger partial charge on any atom is -0.337 e. The van der Waals surface area contributed by atoms with Gasteiger partial charge < -0.3 is 9.80 Å². The fourth-order valence-electron chi connectivity index (χ4n) is 3.05. The maximum atomic E-state index is 12.8. The largest absolute Gasteiger partial charge is 0.337 e. The number of aryl methyl sites for hydroxylation is 2. The molecule has 2 amide bonds. The molecule has 0 spiro atoms. The van der Waals surface area contributed by atoms with Gasteiger partial charge in [0.1, 0.15) is 0 Å². The number of hydrogen-bond donors (Lipinski definition) is 0. The highest BCUT2D eigenvalue weighted by atomic mass is 16.2. The van der Waals surface area contributed by atoms with Gasteiger partial charge in [0.2, 0.25) is 0 Å². The molecule has 1 saturated heterocycles. The van der Waals surface area contributed by atoms with Crippen molar-refractivity contribution < 1.29 is 9.59 Å². The van der Waals surface area contributed by atoms with Crippen molar-refractivity contribution in [3.05, 3.63) is 65.0 Å². The SMILES string of the molecule is Cc1ccc(C(=O)N2CCCN(C(=O)c3cccnc3)CC2)cc1C. The van der Waals surface area contributed by atoms with Crippen LogP contribution in [0.15, 0.2) is 42.7 Å². The molecule has 1 aliphatic heterocycles. The van der Waals surface area contributed by atoms with Gasteiger partial charge in [0.15, 0.2) is 0 Å². The van der Waals surface area contributed by atoms with Crippen LogP contribution in [-0.4, -0.2) is 52.8 Å². The van der Waals surface area contributed by atoms with Crippen molar-refractivity contribution in [3.63, 3.8) is 0 Å². The van der Waals surface area contributed by atoms with Crippen molar-refractivity contribution >= 4 is 11.8 Å². The maximum Gasteiger partial charge on any atom is 0.255 e. The topological polar surface area (TPSA) is 53.5 Å². The summed E-state index contributed by atoms with van der Waals surface area (Å²) in [6.07, 6.45) is 4.02. The molecule has 1 aromatic carbocycles. The summed E-state index contributed by atoms with van der Waals surface area (Å²) in [7, 11) is 0. The summed E-state index contributed by atoms with van der Waals surface area (Å²) in [5.41, 5.74) is 3.61. The number of benzene rings is 1. The van der Waals surface area contributed by atoms with E-state index in [1.54, 1.807) is 24.5 Å². The van der Waals surface area contributed by atoms with Gasteiger partial charge in [-0.25, -0.2) is 0 Å². The fourth-order valence-corrected chi connectivity index (χ4v) is 3.05. The van der Waals surface area contributed by atoms with Gasteiger partial charge in [-0.3, -0.25) is 14.6 Å². The van der Waals surface area contributed by atoms with Gasteiger partial charge in [-0.05, 0) is 55.7 Å². The molecule has 5 nitrogen and oxygen atoms in total. The molecular formula is C20H23N3O2. The van der Waals surface area contributed by atoms with Crippen LogP contribution in [0.1, 0.15) is 38.3 Å². The molecule has 5 heteroatoms. The van der Waals surface area contributed by atoms with Gasteiger partial charge in [-0.15, -0.1) is 0 Å². The third-order valence-corrected chi connectivity index (χ3v) is 4.73. The quantitative estimate of drug-likeness (QED) is 0.847. The summed E-state index contributed by atoms with van der Waals surface area (Å²) >= 11 is 0. The Morgan fingerprint density at radius 3 is 2.16 bits per heavy atom. The summed E-state index contributed by atoms with van der Waals surface area (Å²) < 4.78 is 0. The minimum atomic E-state index is -0.0198. The Labute approximate surface area is 148 Å². The standard InChI is InChI=1S/C20H23N3O2/c1-15-6-7-17(13-16(15)2)19(24)22-9-4-10-23(12-11-22)20(25)18-5-3-8-21-14-18/h3,5-8,13-14H,4,9-12H2,1-2H3. The Morgan fingerprint density at radius 2 is 1.56 bits per heavy atom. The predicted molar refractivity (Wildman–Crippen MR) is 96.6 cm³/mol.